The molecule has 1 aliphatic rings. The van der Waals surface area contributed by atoms with Crippen LogP contribution in [-0.4, -0.2) is 65.8 Å². The molecular weight excluding hydrogens is 778 g/mol. The fourth-order valence-corrected chi connectivity index (χ4v) is 7.61. The molecule has 0 atom stereocenters. The number of ether oxygens (including phenoxy) is 2. The first-order valence-electron chi connectivity index (χ1n) is 19.8. The number of fused-ring (bicyclic) bond motifs is 1. The van der Waals surface area contributed by atoms with Gasteiger partial charge in [0.15, 0.2) is 11.5 Å². The van der Waals surface area contributed by atoms with Crippen molar-refractivity contribution < 1.29 is 22.6 Å². The summed E-state index contributed by atoms with van der Waals surface area (Å²) in [4.78, 5) is 47.5. The lowest BCUT2D eigenvalue weighted by Crippen LogP contribution is -2.27. The number of rotatable bonds is 16. The number of aromatic nitrogens is 9. The van der Waals surface area contributed by atoms with Gasteiger partial charge in [0.25, 0.3) is 5.56 Å². The minimum Gasteiger partial charge on any atom is -0.480 e. The van der Waals surface area contributed by atoms with Crippen LogP contribution in [0.2, 0.25) is 25.7 Å². The van der Waals surface area contributed by atoms with E-state index in [1.54, 1.807) is 30.0 Å². The Morgan fingerprint density at radius 2 is 1.68 bits per heavy atom. The van der Waals surface area contributed by atoms with Crippen LogP contribution < -0.4 is 15.2 Å². The lowest BCUT2D eigenvalue weighted by molar-refractivity contribution is -0.140. The number of methoxy groups -OCH3 is 1. The first kappa shape index (κ1) is 41.6. The molecule has 0 amide bonds. The lowest BCUT2D eigenvalue weighted by Gasteiger charge is -2.24. The van der Waals surface area contributed by atoms with Gasteiger partial charge in [-0.25, -0.2) is 24.9 Å². The third-order valence-electron chi connectivity index (χ3n) is 10.3. The number of nitrogens with zero attached hydrogens (tertiary/aromatic N) is 10. The van der Waals surface area contributed by atoms with Crippen LogP contribution >= 0.6 is 0 Å². The van der Waals surface area contributed by atoms with Gasteiger partial charge in [-0.05, 0) is 62.4 Å². The normalized spacial score (nSPS) is 13.4. The Morgan fingerprint density at radius 1 is 0.949 bits per heavy atom. The Labute approximate surface area is 341 Å². The van der Waals surface area contributed by atoms with Crippen LogP contribution in [-0.2, 0) is 37.2 Å². The van der Waals surface area contributed by atoms with E-state index in [1.807, 2.05) is 49.9 Å². The van der Waals surface area contributed by atoms with Gasteiger partial charge in [0.1, 0.15) is 30.8 Å². The smallest absolute Gasteiger partial charge is 0.434 e. The van der Waals surface area contributed by atoms with Crippen LogP contribution in [0.3, 0.4) is 0 Å². The van der Waals surface area contributed by atoms with Crippen LogP contribution in [0.4, 0.5) is 19.1 Å². The Hall–Kier alpha value is -5.55. The van der Waals surface area contributed by atoms with E-state index in [-0.39, 0.29) is 36.6 Å². The average Bonchev–Trinajstić information content (AvgIpc) is 3.95. The molecule has 0 N–H and O–H groups in total. The molecule has 310 valence electrons. The highest BCUT2D eigenvalue weighted by Gasteiger charge is 2.35. The van der Waals surface area contributed by atoms with E-state index in [0.717, 1.165) is 41.9 Å². The Morgan fingerprint density at radius 3 is 2.34 bits per heavy atom. The van der Waals surface area contributed by atoms with Gasteiger partial charge in [0, 0.05) is 63.3 Å². The van der Waals surface area contributed by atoms with E-state index in [9.17, 15) is 18.0 Å². The van der Waals surface area contributed by atoms with Crippen LogP contribution in [0, 0.1) is 0 Å². The standard InChI is InChI=1S/C42H49F3N10O3Si/c1-8-29-18-32-33(55(40(29)56)25-58-15-16-59(5,6)7)17-28(19-46-32)21-53(41-50-24-48-37(52-41)35-36(30-13-14-30)47-23-49-39(35)57-4)20-27-9-11-31(12-10-27)38-51-34(42(43,44)45)22-54(38)26(2)3/h9-12,17-19,22-24,26,30H,8,13-16,20-21,25H2,1-7H3. The highest BCUT2D eigenvalue weighted by Crippen LogP contribution is 2.45. The van der Waals surface area contributed by atoms with Gasteiger partial charge < -0.3 is 18.9 Å². The van der Waals surface area contributed by atoms with Gasteiger partial charge in [-0.1, -0.05) is 50.8 Å². The van der Waals surface area contributed by atoms with Crippen LogP contribution in [0.1, 0.15) is 73.7 Å². The highest BCUT2D eigenvalue weighted by molar-refractivity contribution is 6.76. The third-order valence-corrected chi connectivity index (χ3v) is 12.0. The number of pyridine rings is 2. The van der Waals surface area contributed by atoms with Crippen molar-refractivity contribution in [2.45, 2.75) is 104 Å². The molecule has 1 fully saturated rings. The van der Waals surface area contributed by atoms with Crippen molar-refractivity contribution in [1.82, 2.24) is 44.0 Å². The van der Waals surface area contributed by atoms with E-state index in [0.29, 0.717) is 64.9 Å². The van der Waals surface area contributed by atoms with Crippen LogP contribution in [0.25, 0.3) is 33.8 Å². The summed E-state index contributed by atoms with van der Waals surface area (Å²) in [5.74, 6) is 1.57. The molecule has 5 heterocycles. The van der Waals surface area contributed by atoms with Gasteiger partial charge >= 0.3 is 6.18 Å². The van der Waals surface area contributed by atoms with Crippen molar-refractivity contribution in [2.24, 2.45) is 0 Å². The van der Waals surface area contributed by atoms with Crippen molar-refractivity contribution in [2.75, 3.05) is 18.6 Å². The molecule has 59 heavy (non-hydrogen) atoms. The van der Waals surface area contributed by atoms with E-state index in [2.05, 4.69) is 44.6 Å². The lowest BCUT2D eigenvalue weighted by atomic mass is 10.1. The second-order valence-corrected chi connectivity index (χ2v) is 22.0. The number of halogens is 3. The number of hydrogen-bond donors (Lipinski definition) is 0. The predicted octanol–water partition coefficient (Wildman–Crippen LogP) is 8.47. The number of imidazole rings is 1. The molecule has 0 bridgehead atoms. The molecule has 0 saturated heterocycles. The van der Waals surface area contributed by atoms with Crippen molar-refractivity contribution in [3.05, 3.63) is 99.9 Å². The maximum atomic E-state index is 13.7. The first-order chi connectivity index (χ1) is 28.1. The van der Waals surface area contributed by atoms with E-state index in [4.69, 9.17) is 19.4 Å². The quantitative estimate of drug-likeness (QED) is 0.0686. The zero-order valence-corrected chi connectivity index (χ0v) is 35.4. The molecule has 0 radical (unpaired) electrons. The Balaban J connectivity index is 1.27. The summed E-state index contributed by atoms with van der Waals surface area (Å²) in [6, 6.07) is 11.8. The van der Waals surface area contributed by atoms with Crippen molar-refractivity contribution in [3.63, 3.8) is 0 Å². The number of benzene rings is 1. The Kier molecular flexibility index (Phi) is 12.0. The van der Waals surface area contributed by atoms with Gasteiger partial charge in [-0.15, -0.1) is 0 Å². The predicted molar refractivity (Wildman–Crippen MR) is 222 cm³/mol. The van der Waals surface area contributed by atoms with Gasteiger partial charge in [0.05, 0.1) is 23.8 Å². The van der Waals surface area contributed by atoms with Crippen molar-refractivity contribution >= 4 is 25.1 Å². The molecule has 17 heteroatoms. The fourth-order valence-electron chi connectivity index (χ4n) is 6.85. The second kappa shape index (κ2) is 17.0. The van der Waals surface area contributed by atoms with E-state index in [1.165, 1.54) is 17.2 Å². The number of hydrogen-bond acceptors (Lipinski definition) is 11. The minimum atomic E-state index is -4.57. The van der Waals surface area contributed by atoms with Crippen LogP contribution in [0.5, 0.6) is 5.88 Å². The van der Waals surface area contributed by atoms with Crippen molar-refractivity contribution in [3.8, 4) is 28.7 Å². The monoisotopic (exact) mass is 826 g/mol. The molecule has 5 aromatic heterocycles. The van der Waals surface area contributed by atoms with E-state index >= 15 is 0 Å². The Bertz CT molecular complexity index is 2500. The van der Waals surface area contributed by atoms with Crippen molar-refractivity contribution in [1.29, 1.82) is 0 Å². The van der Waals surface area contributed by atoms with Crippen LogP contribution in [0.15, 0.2) is 66.2 Å². The van der Waals surface area contributed by atoms with Gasteiger partial charge in [-0.3, -0.25) is 14.3 Å². The largest absolute Gasteiger partial charge is 0.480 e. The third kappa shape index (κ3) is 9.51. The molecule has 6 aromatic rings. The van der Waals surface area contributed by atoms with Gasteiger partial charge in [-0.2, -0.15) is 18.2 Å². The number of alkyl halides is 3. The maximum Gasteiger partial charge on any atom is 0.434 e. The molecule has 0 unspecified atom stereocenters. The highest BCUT2D eigenvalue weighted by atomic mass is 28.3. The minimum absolute atomic E-state index is 0.107. The zero-order valence-electron chi connectivity index (χ0n) is 34.4. The van der Waals surface area contributed by atoms with E-state index < -0.39 is 19.9 Å². The summed E-state index contributed by atoms with van der Waals surface area (Å²) in [7, 11) is 0.198. The number of anilines is 1. The second-order valence-electron chi connectivity index (χ2n) is 16.4. The maximum absolute atomic E-state index is 13.7. The summed E-state index contributed by atoms with van der Waals surface area (Å²) >= 11 is 0. The first-order valence-corrected chi connectivity index (χ1v) is 23.5. The summed E-state index contributed by atoms with van der Waals surface area (Å²) in [6.45, 7) is 13.7. The zero-order chi connectivity index (χ0) is 42.1. The average molecular weight is 827 g/mol. The molecule has 0 aliphatic heterocycles. The number of aryl methyl sites for hydroxylation is 1. The molecule has 0 spiro atoms. The summed E-state index contributed by atoms with van der Waals surface area (Å²) in [5, 5.41) is 0. The summed E-state index contributed by atoms with van der Waals surface area (Å²) in [5.41, 5.74) is 4.54. The molecular formula is C42H49F3N10O3Si. The fraction of sp³-hybridized carbons (Fsp3) is 0.429. The molecule has 7 rings (SSSR count). The SMILES string of the molecule is CCc1cc2ncc(CN(Cc3ccc(-c4nc(C(F)(F)F)cn4C(C)C)cc3)c3ncnc(-c4c(OC)ncnc4C4CC4)n3)cc2n(COCC[Si](C)(C)C)c1=O. The van der Waals surface area contributed by atoms with Gasteiger partial charge in [0.2, 0.25) is 11.8 Å². The molecule has 1 aliphatic carbocycles. The topological polar surface area (TPSA) is 139 Å². The summed E-state index contributed by atoms with van der Waals surface area (Å²) < 4.78 is 56.0. The molecule has 1 aromatic carbocycles. The summed E-state index contributed by atoms with van der Waals surface area (Å²) in [6.07, 6.45) is 3.73. The molecule has 1 saturated carbocycles. The molecule has 13 nitrogen and oxygen atoms in total.